The first-order valence-electron chi connectivity index (χ1n) is 7.66. The van der Waals surface area contributed by atoms with Gasteiger partial charge in [-0.25, -0.2) is 4.79 Å². The van der Waals surface area contributed by atoms with Gasteiger partial charge in [0, 0.05) is 17.4 Å². The van der Waals surface area contributed by atoms with Gasteiger partial charge in [0.25, 0.3) is 5.22 Å². The number of carboxylic acid groups (broad SMARTS) is 1. The van der Waals surface area contributed by atoms with Gasteiger partial charge < -0.3 is 23.5 Å². The van der Waals surface area contributed by atoms with Gasteiger partial charge in [-0.1, -0.05) is 12.1 Å². The van der Waals surface area contributed by atoms with Gasteiger partial charge in [0.05, 0.1) is 18.6 Å². The van der Waals surface area contributed by atoms with Crippen molar-refractivity contribution < 1.29 is 28.3 Å². The molecule has 0 saturated carbocycles. The number of methoxy groups -OCH3 is 1. The minimum Gasteiger partial charge on any atom is -0.544 e. The molecule has 8 nitrogen and oxygen atoms in total. The highest BCUT2D eigenvalue weighted by Crippen LogP contribution is 2.29. The molecule has 2 heterocycles. The molecule has 138 valence electrons. The number of hydrogen-bond acceptors (Lipinski definition) is 9. The van der Waals surface area contributed by atoms with Crippen molar-refractivity contribution >= 4 is 29.8 Å². The van der Waals surface area contributed by atoms with Crippen LogP contribution in [0.15, 0.2) is 55.4 Å². The van der Waals surface area contributed by atoms with Crippen LogP contribution in [0.1, 0.15) is 22.0 Å². The summed E-state index contributed by atoms with van der Waals surface area (Å²) in [6.45, 7) is 1.60. The molecule has 0 aliphatic carbocycles. The van der Waals surface area contributed by atoms with Gasteiger partial charge in [0.15, 0.2) is 0 Å². The molecule has 2 aromatic heterocycles. The van der Waals surface area contributed by atoms with Crippen molar-refractivity contribution in [2.24, 2.45) is 0 Å². The largest absolute Gasteiger partial charge is 0.544 e. The summed E-state index contributed by atoms with van der Waals surface area (Å²) in [6, 6.07) is 9.96. The minimum atomic E-state index is -1.40. The average Bonchev–Trinajstić information content (AvgIpc) is 3.29. The molecule has 27 heavy (non-hydrogen) atoms. The number of carboxylic acids is 1. The third-order valence-electron chi connectivity index (χ3n) is 3.37. The molecule has 0 spiro atoms. The van der Waals surface area contributed by atoms with E-state index in [2.05, 4.69) is 10.2 Å². The maximum atomic E-state index is 11.6. The first-order valence-corrected chi connectivity index (χ1v) is 8.47. The normalized spacial score (nSPS) is 11.4. The molecule has 0 N–H and O–H groups in total. The Bertz CT molecular complexity index is 1020. The number of aromatic nitrogens is 2. The highest BCUT2D eigenvalue weighted by molar-refractivity contribution is 8.03. The lowest BCUT2D eigenvalue weighted by atomic mass is 10.1. The van der Waals surface area contributed by atoms with Crippen LogP contribution < -0.4 is 5.11 Å². The lowest BCUT2D eigenvalue weighted by Gasteiger charge is -2.04. The lowest BCUT2D eigenvalue weighted by Crippen LogP contribution is -2.22. The molecule has 9 heteroatoms. The number of aryl methyl sites for hydroxylation is 1. The van der Waals surface area contributed by atoms with E-state index in [1.165, 1.54) is 13.2 Å². The van der Waals surface area contributed by atoms with Crippen molar-refractivity contribution in [1.82, 2.24) is 10.2 Å². The molecule has 3 aromatic rings. The molecule has 0 fully saturated rings. The number of aliphatic carboxylic acids is 1. The van der Waals surface area contributed by atoms with E-state index in [-0.39, 0.29) is 15.9 Å². The number of benzene rings is 1. The number of rotatable bonds is 6. The van der Waals surface area contributed by atoms with Gasteiger partial charge >= 0.3 is 5.97 Å². The van der Waals surface area contributed by atoms with Crippen molar-refractivity contribution in [2.75, 3.05) is 7.11 Å². The Balaban J connectivity index is 1.86. The monoisotopic (exact) mass is 385 g/mol. The van der Waals surface area contributed by atoms with Gasteiger partial charge in [0.2, 0.25) is 5.89 Å². The number of furan rings is 1. The van der Waals surface area contributed by atoms with Crippen LogP contribution in [0.5, 0.6) is 0 Å². The zero-order chi connectivity index (χ0) is 19.4. The quantitative estimate of drug-likeness (QED) is 0.358. The molecule has 0 aliphatic heterocycles. The summed E-state index contributed by atoms with van der Waals surface area (Å²) in [7, 11) is 1.30. The highest BCUT2D eigenvalue weighted by atomic mass is 32.2. The number of ether oxygens (including phenoxy) is 1. The molecule has 0 radical (unpaired) electrons. The summed E-state index contributed by atoms with van der Waals surface area (Å²) in [4.78, 5) is 22.9. The van der Waals surface area contributed by atoms with Gasteiger partial charge in [-0.05, 0) is 42.1 Å². The summed E-state index contributed by atoms with van der Waals surface area (Å²) in [5, 5.41) is 18.8. The van der Waals surface area contributed by atoms with Crippen molar-refractivity contribution in [3.8, 4) is 11.3 Å². The predicted octanol–water partition coefficient (Wildman–Crippen LogP) is 2.31. The summed E-state index contributed by atoms with van der Waals surface area (Å²) in [5.74, 6) is -0.795. The predicted molar refractivity (Wildman–Crippen MR) is 93.4 cm³/mol. The van der Waals surface area contributed by atoms with Crippen molar-refractivity contribution in [3.05, 3.63) is 58.5 Å². The number of nitrogens with zero attached hydrogens (tertiary/aromatic N) is 2. The smallest absolute Gasteiger partial charge is 0.337 e. The Kier molecular flexibility index (Phi) is 5.41. The second-order valence-corrected chi connectivity index (χ2v) is 6.25. The summed E-state index contributed by atoms with van der Waals surface area (Å²) in [6.07, 6.45) is 1.30. The molecule has 0 bridgehead atoms. The number of thioether (sulfide) groups is 1. The Morgan fingerprint density at radius 1 is 1.19 bits per heavy atom. The van der Waals surface area contributed by atoms with Crippen LogP contribution in [-0.2, 0) is 9.53 Å². The molecule has 3 rings (SSSR count). The molecule has 0 atom stereocenters. The average molecular weight is 385 g/mol. The zero-order valence-electron chi connectivity index (χ0n) is 14.3. The second-order valence-electron chi connectivity index (χ2n) is 5.26. The van der Waals surface area contributed by atoms with Crippen LogP contribution in [0.4, 0.5) is 0 Å². The molecule has 0 amide bonds. The van der Waals surface area contributed by atoms with Gasteiger partial charge in [-0.15, -0.1) is 10.2 Å². The Morgan fingerprint density at radius 2 is 2.00 bits per heavy atom. The van der Waals surface area contributed by atoms with Crippen LogP contribution in [0.25, 0.3) is 17.4 Å². The van der Waals surface area contributed by atoms with E-state index in [4.69, 9.17) is 13.6 Å². The van der Waals surface area contributed by atoms with Gasteiger partial charge in [-0.2, -0.15) is 0 Å². The molecule has 0 unspecified atom stereocenters. The Hall–Kier alpha value is -3.33. The fraction of sp³-hybridized carbons (Fsp3) is 0.111. The number of carbonyl (C=O) groups excluding carboxylic acids is 2. The SMILES string of the molecule is COC(=O)c1cccc(-c2ccc(/C=C(/Sc3nnc(C)o3)C(=O)[O-])o2)c1. The van der Waals surface area contributed by atoms with E-state index in [0.717, 1.165) is 11.8 Å². The number of hydrogen-bond donors (Lipinski definition) is 0. The maximum absolute atomic E-state index is 11.6. The van der Waals surface area contributed by atoms with Crippen LogP contribution in [-0.4, -0.2) is 29.2 Å². The number of carbonyl (C=O) groups is 2. The first-order chi connectivity index (χ1) is 13.0. The first kappa shape index (κ1) is 18.5. The third kappa shape index (κ3) is 4.45. The fourth-order valence-electron chi connectivity index (χ4n) is 2.18. The second kappa shape index (κ2) is 7.92. The molecular formula is C18H13N2O6S-. The molecular weight excluding hydrogens is 372 g/mol. The van der Waals surface area contributed by atoms with E-state index in [9.17, 15) is 14.7 Å². The van der Waals surface area contributed by atoms with Crippen LogP contribution in [0, 0.1) is 6.92 Å². The lowest BCUT2D eigenvalue weighted by molar-refractivity contribution is -0.298. The van der Waals surface area contributed by atoms with Crippen LogP contribution in [0.3, 0.4) is 0 Å². The van der Waals surface area contributed by atoms with Crippen molar-refractivity contribution in [2.45, 2.75) is 12.1 Å². The van der Waals surface area contributed by atoms with E-state index in [0.29, 0.717) is 22.8 Å². The zero-order valence-corrected chi connectivity index (χ0v) is 15.1. The highest BCUT2D eigenvalue weighted by Gasteiger charge is 2.12. The van der Waals surface area contributed by atoms with Gasteiger partial charge in [0.1, 0.15) is 11.5 Å². The van der Waals surface area contributed by atoms with Gasteiger partial charge in [-0.3, -0.25) is 0 Å². The topological polar surface area (TPSA) is 118 Å². The standard InChI is InChI=1S/C18H14N2O6S/c1-10-19-20-18(25-10)27-15(16(21)22)9-13-6-7-14(26-13)11-4-3-5-12(8-11)17(23)24-2/h3-9H,1-2H3,(H,21,22)/p-1/b15-9+. The van der Waals surface area contributed by atoms with E-state index >= 15 is 0 Å². The van der Waals surface area contributed by atoms with Crippen molar-refractivity contribution in [3.63, 3.8) is 0 Å². The van der Waals surface area contributed by atoms with Crippen molar-refractivity contribution in [1.29, 1.82) is 0 Å². The summed E-state index contributed by atoms with van der Waals surface area (Å²) >= 11 is 0.764. The van der Waals surface area contributed by atoms with Crippen LogP contribution >= 0.6 is 11.8 Å². The summed E-state index contributed by atoms with van der Waals surface area (Å²) in [5.41, 5.74) is 1.02. The Labute approximate surface area is 157 Å². The molecule has 1 aromatic carbocycles. The van der Waals surface area contributed by atoms with E-state index < -0.39 is 11.9 Å². The van der Waals surface area contributed by atoms with E-state index in [1.54, 1.807) is 43.3 Å². The molecule has 0 saturated heterocycles. The Morgan fingerprint density at radius 3 is 2.67 bits per heavy atom. The molecule has 0 aliphatic rings. The van der Waals surface area contributed by atoms with Crippen LogP contribution in [0.2, 0.25) is 0 Å². The summed E-state index contributed by atoms with van der Waals surface area (Å²) < 4.78 is 15.5. The fourth-order valence-corrected chi connectivity index (χ4v) is 2.87. The van der Waals surface area contributed by atoms with E-state index in [1.807, 2.05) is 0 Å². The number of esters is 1. The maximum Gasteiger partial charge on any atom is 0.337 e. The third-order valence-corrected chi connectivity index (χ3v) is 4.22. The minimum absolute atomic E-state index is 0.0838.